The molecule has 19 heavy (non-hydrogen) atoms. The molecule has 2 aromatic carbocycles. The monoisotopic (exact) mass is 294 g/mol. The summed E-state index contributed by atoms with van der Waals surface area (Å²) in [6.07, 6.45) is 2.36. The molecule has 0 saturated carbocycles. The first-order valence-corrected chi connectivity index (χ1v) is 6.75. The van der Waals surface area contributed by atoms with Crippen LogP contribution < -0.4 is 0 Å². The minimum absolute atomic E-state index is 0. The van der Waals surface area contributed by atoms with Crippen molar-refractivity contribution in [3.8, 4) is 11.1 Å². The summed E-state index contributed by atoms with van der Waals surface area (Å²) in [7, 11) is 2.26. The average Bonchev–Trinajstić information content (AvgIpc) is 2.43. The van der Waals surface area contributed by atoms with Crippen molar-refractivity contribution < 1.29 is 16.8 Å². The molecule has 0 spiro atoms. The van der Waals surface area contributed by atoms with E-state index in [2.05, 4.69) is 54.4 Å². The Bertz CT molecular complexity index is 620. The predicted molar refractivity (Wildman–Crippen MR) is 74.7 cm³/mol. The Balaban J connectivity index is 0.00000110. The molecule has 4 rings (SSSR count). The second-order valence-corrected chi connectivity index (χ2v) is 5.49. The Labute approximate surface area is 124 Å². The van der Waals surface area contributed by atoms with Crippen LogP contribution in [0.5, 0.6) is 0 Å². The van der Waals surface area contributed by atoms with E-state index in [0.29, 0.717) is 6.04 Å². The van der Waals surface area contributed by atoms with Crippen molar-refractivity contribution >= 4 is 0 Å². The van der Waals surface area contributed by atoms with Crippen LogP contribution in [-0.4, -0.2) is 18.5 Å². The topological polar surface area (TPSA) is 3.24 Å². The maximum absolute atomic E-state index is 2.52. The molecule has 1 aliphatic carbocycles. The smallest absolute Gasteiger partial charge is 0.0394 e. The summed E-state index contributed by atoms with van der Waals surface area (Å²) in [4.78, 5) is 2.52. The van der Waals surface area contributed by atoms with E-state index in [4.69, 9.17) is 0 Å². The molecule has 0 saturated heterocycles. The number of nitrogens with zero attached hydrogens (tertiary/aromatic N) is 1. The first kappa shape index (κ1) is 12.9. The predicted octanol–water partition coefficient (Wildman–Crippen LogP) is 3.44. The molecule has 2 heteroatoms. The SMILES string of the molecule is CN1CCc2cccc3c2C1Cc1ccccc1-3.[Co]. The van der Waals surface area contributed by atoms with Crippen molar-refractivity contribution in [3.63, 3.8) is 0 Å². The van der Waals surface area contributed by atoms with Crippen LogP contribution in [0.4, 0.5) is 0 Å². The molecule has 1 nitrogen and oxygen atoms in total. The first-order chi connectivity index (χ1) is 8.84. The van der Waals surface area contributed by atoms with E-state index in [1.165, 1.54) is 29.7 Å². The van der Waals surface area contributed by atoms with E-state index in [-0.39, 0.29) is 16.8 Å². The van der Waals surface area contributed by atoms with Crippen molar-refractivity contribution in [1.29, 1.82) is 0 Å². The summed E-state index contributed by atoms with van der Waals surface area (Å²) in [5.41, 5.74) is 7.56. The zero-order chi connectivity index (χ0) is 12.1. The van der Waals surface area contributed by atoms with Crippen LogP contribution in [0.25, 0.3) is 11.1 Å². The van der Waals surface area contributed by atoms with Gasteiger partial charge in [0.2, 0.25) is 0 Å². The molecule has 2 aromatic rings. The van der Waals surface area contributed by atoms with E-state index >= 15 is 0 Å². The average molecular weight is 294 g/mol. The van der Waals surface area contributed by atoms with Crippen LogP contribution in [0.2, 0.25) is 0 Å². The summed E-state index contributed by atoms with van der Waals surface area (Å²) in [6.45, 7) is 1.18. The molecule has 1 heterocycles. The van der Waals surface area contributed by atoms with Crippen molar-refractivity contribution in [3.05, 3.63) is 59.2 Å². The minimum atomic E-state index is 0. The molecule has 0 bridgehead atoms. The largest absolute Gasteiger partial charge is 0.299 e. The van der Waals surface area contributed by atoms with Crippen LogP contribution in [-0.2, 0) is 29.6 Å². The third-order valence-corrected chi connectivity index (χ3v) is 4.52. The second-order valence-electron chi connectivity index (χ2n) is 5.49. The molecular weight excluding hydrogens is 277 g/mol. The number of hydrogen-bond acceptors (Lipinski definition) is 1. The van der Waals surface area contributed by atoms with Crippen LogP contribution in [0, 0.1) is 0 Å². The molecule has 0 N–H and O–H groups in total. The van der Waals surface area contributed by atoms with Crippen molar-refractivity contribution in [1.82, 2.24) is 4.90 Å². The van der Waals surface area contributed by atoms with Gasteiger partial charge in [0.15, 0.2) is 0 Å². The number of benzene rings is 2. The summed E-state index contributed by atoms with van der Waals surface area (Å²) < 4.78 is 0. The van der Waals surface area contributed by atoms with Gasteiger partial charge in [-0.3, -0.25) is 4.90 Å². The standard InChI is InChI=1S/C17H17N.Co/c1-18-10-9-12-6-4-8-15-14-7-3-2-5-13(14)11-16(18)17(12)15;/h2-8,16H,9-11H2,1H3;. The van der Waals surface area contributed by atoms with E-state index in [1.54, 1.807) is 11.1 Å². The van der Waals surface area contributed by atoms with Crippen LogP contribution in [0.1, 0.15) is 22.7 Å². The quantitative estimate of drug-likeness (QED) is 0.719. The molecule has 1 radical (unpaired) electrons. The zero-order valence-corrected chi connectivity index (χ0v) is 12.1. The summed E-state index contributed by atoms with van der Waals surface area (Å²) in [6, 6.07) is 16.3. The number of fused-ring (bicyclic) bond motifs is 2. The maximum Gasteiger partial charge on any atom is 0.0394 e. The molecule has 1 unspecified atom stereocenters. The van der Waals surface area contributed by atoms with E-state index < -0.39 is 0 Å². The van der Waals surface area contributed by atoms with Gasteiger partial charge in [-0.1, -0.05) is 42.5 Å². The maximum atomic E-state index is 2.52. The first-order valence-electron chi connectivity index (χ1n) is 6.75. The van der Waals surface area contributed by atoms with E-state index in [1.807, 2.05) is 0 Å². The van der Waals surface area contributed by atoms with Gasteiger partial charge < -0.3 is 0 Å². The Kier molecular flexibility index (Phi) is 3.25. The number of hydrogen-bond donors (Lipinski definition) is 0. The van der Waals surface area contributed by atoms with Crippen molar-refractivity contribution in [2.75, 3.05) is 13.6 Å². The molecule has 2 aliphatic rings. The number of rotatable bonds is 0. The van der Waals surface area contributed by atoms with Gasteiger partial charge in [0.1, 0.15) is 0 Å². The number of likely N-dealkylation sites (N-methyl/N-ethyl adjacent to an activating group) is 1. The third-order valence-electron chi connectivity index (χ3n) is 4.52. The van der Waals surface area contributed by atoms with Gasteiger partial charge in [-0.05, 0) is 47.7 Å². The van der Waals surface area contributed by atoms with Crippen molar-refractivity contribution in [2.45, 2.75) is 18.9 Å². The second kappa shape index (κ2) is 4.78. The fraction of sp³-hybridized carbons (Fsp3) is 0.294. The Hall–Kier alpha value is -1.09. The molecule has 1 atom stereocenters. The Morgan fingerprint density at radius 1 is 0.947 bits per heavy atom. The normalized spacial score (nSPS) is 20.2. The van der Waals surface area contributed by atoms with Crippen LogP contribution >= 0.6 is 0 Å². The Morgan fingerprint density at radius 2 is 1.68 bits per heavy atom. The summed E-state index contributed by atoms with van der Waals surface area (Å²) in [5.74, 6) is 0. The fourth-order valence-electron chi connectivity index (χ4n) is 3.56. The minimum Gasteiger partial charge on any atom is -0.299 e. The Morgan fingerprint density at radius 3 is 2.58 bits per heavy atom. The molecule has 1 aliphatic heterocycles. The zero-order valence-electron chi connectivity index (χ0n) is 11.0. The fourth-order valence-corrected chi connectivity index (χ4v) is 3.56. The summed E-state index contributed by atoms with van der Waals surface area (Å²) in [5, 5.41) is 0. The van der Waals surface area contributed by atoms with Gasteiger partial charge in [-0.2, -0.15) is 0 Å². The molecule has 0 amide bonds. The molecule has 0 aromatic heterocycles. The molecule has 0 fully saturated rings. The van der Waals surface area contributed by atoms with Gasteiger partial charge in [0.05, 0.1) is 0 Å². The summed E-state index contributed by atoms with van der Waals surface area (Å²) >= 11 is 0. The molecule has 99 valence electrons. The van der Waals surface area contributed by atoms with Gasteiger partial charge in [-0.15, -0.1) is 0 Å². The van der Waals surface area contributed by atoms with Crippen LogP contribution in [0.15, 0.2) is 42.5 Å². The van der Waals surface area contributed by atoms with Gasteiger partial charge in [0, 0.05) is 29.4 Å². The van der Waals surface area contributed by atoms with E-state index in [9.17, 15) is 0 Å². The van der Waals surface area contributed by atoms with Gasteiger partial charge in [0.25, 0.3) is 0 Å². The molecular formula is C17H17CoN. The van der Waals surface area contributed by atoms with Crippen LogP contribution in [0.3, 0.4) is 0 Å². The van der Waals surface area contributed by atoms with E-state index in [0.717, 1.165) is 6.42 Å². The van der Waals surface area contributed by atoms with Gasteiger partial charge in [-0.25, -0.2) is 0 Å². The third kappa shape index (κ3) is 1.86. The van der Waals surface area contributed by atoms with Crippen molar-refractivity contribution in [2.24, 2.45) is 0 Å². The van der Waals surface area contributed by atoms with Gasteiger partial charge >= 0.3 is 0 Å².